The van der Waals surface area contributed by atoms with Crippen molar-refractivity contribution >= 4 is 28.6 Å². The Bertz CT molecular complexity index is 549. The summed E-state index contributed by atoms with van der Waals surface area (Å²) in [4.78, 5) is 10.9. The molecule has 1 aromatic heterocycles. The maximum atomic E-state index is 10.9. The third-order valence-electron chi connectivity index (χ3n) is 2.22. The molecule has 0 aliphatic carbocycles. The predicted molar refractivity (Wildman–Crippen MR) is 68.3 cm³/mol. The van der Waals surface area contributed by atoms with Gasteiger partial charge in [0.2, 0.25) is 0 Å². The fraction of sp³-hybridized carbons (Fsp3) is 0.0909. The summed E-state index contributed by atoms with van der Waals surface area (Å²) in [5.41, 5.74) is 1.79. The van der Waals surface area contributed by atoms with Crippen LogP contribution >= 0.6 is 22.6 Å². The molecular weight excluding hydrogens is 319 g/mol. The second kappa shape index (κ2) is 4.25. The van der Waals surface area contributed by atoms with Crippen molar-refractivity contribution < 1.29 is 9.90 Å². The number of benzene rings is 1. The molecule has 2 aromatic rings. The molecule has 82 valence electrons. The number of aryl methyl sites for hydroxylation is 1. The Morgan fingerprint density at radius 2 is 2.19 bits per heavy atom. The van der Waals surface area contributed by atoms with Crippen LogP contribution in [0.15, 0.2) is 30.3 Å². The third kappa shape index (κ3) is 2.08. The summed E-state index contributed by atoms with van der Waals surface area (Å²) in [6.07, 6.45) is 0. The van der Waals surface area contributed by atoms with E-state index in [1.54, 1.807) is 13.1 Å². The standard InChI is InChI=1S/C11H9IN2O2/c1-14-10(11(15)16)6-9(13-14)7-3-2-4-8(12)5-7/h2-6H,1H3,(H,15,16). The molecule has 16 heavy (non-hydrogen) atoms. The number of rotatable bonds is 2. The van der Waals surface area contributed by atoms with Gasteiger partial charge in [-0.15, -0.1) is 0 Å². The molecule has 1 aromatic carbocycles. The molecule has 0 saturated heterocycles. The van der Waals surface area contributed by atoms with E-state index in [0.29, 0.717) is 5.69 Å². The van der Waals surface area contributed by atoms with Crippen LogP contribution in [0.2, 0.25) is 0 Å². The molecule has 2 rings (SSSR count). The first-order valence-corrected chi connectivity index (χ1v) is 5.69. The molecule has 0 amide bonds. The highest BCUT2D eigenvalue weighted by Crippen LogP contribution is 2.20. The lowest BCUT2D eigenvalue weighted by molar-refractivity contribution is 0.0685. The number of aromatic carboxylic acids is 1. The third-order valence-corrected chi connectivity index (χ3v) is 2.89. The molecule has 0 aliphatic heterocycles. The van der Waals surface area contributed by atoms with Crippen LogP contribution in [-0.4, -0.2) is 20.9 Å². The van der Waals surface area contributed by atoms with Gasteiger partial charge in [0.1, 0.15) is 5.69 Å². The van der Waals surface area contributed by atoms with Crippen LogP contribution in [0, 0.1) is 3.57 Å². The second-order valence-corrected chi connectivity index (χ2v) is 4.60. The fourth-order valence-electron chi connectivity index (χ4n) is 1.46. The topological polar surface area (TPSA) is 55.1 Å². The number of nitrogens with zero attached hydrogens (tertiary/aromatic N) is 2. The zero-order valence-electron chi connectivity index (χ0n) is 8.51. The minimum Gasteiger partial charge on any atom is -0.477 e. The van der Waals surface area contributed by atoms with E-state index < -0.39 is 5.97 Å². The summed E-state index contributed by atoms with van der Waals surface area (Å²) < 4.78 is 2.47. The summed E-state index contributed by atoms with van der Waals surface area (Å²) in [6.45, 7) is 0. The molecule has 0 atom stereocenters. The number of hydrogen-bond donors (Lipinski definition) is 1. The molecule has 1 N–H and O–H groups in total. The molecule has 0 radical (unpaired) electrons. The Morgan fingerprint density at radius 3 is 2.75 bits per heavy atom. The number of carboxylic acid groups (broad SMARTS) is 1. The van der Waals surface area contributed by atoms with Gasteiger partial charge >= 0.3 is 5.97 Å². The fourth-order valence-corrected chi connectivity index (χ4v) is 2.00. The summed E-state index contributed by atoms with van der Waals surface area (Å²) in [7, 11) is 1.63. The van der Waals surface area contributed by atoms with Gasteiger partial charge in [-0.25, -0.2) is 4.79 Å². The lowest BCUT2D eigenvalue weighted by Gasteiger charge is -1.96. The van der Waals surface area contributed by atoms with E-state index >= 15 is 0 Å². The monoisotopic (exact) mass is 328 g/mol. The Hall–Kier alpha value is -1.37. The van der Waals surface area contributed by atoms with Crippen LogP contribution in [0.5, 0.6) is 0 Å². The number of carboxylic acids is 1. The molecule has 0 fully saturated rings. The SMILES string of the molecule is Cn1nc(-c2cccc(I)c2)cc1C(=O)O. The van der Waals surface area contributed by atoms with Gasteiger partial charge in [0.05, 0.1) is 5.69 Å². The Morgan fingerprint density at radius 1 is 1.44 bits per heavy atom. The summed E-state index contributed by atoms with van der Waals surface area (Å²) in [6, 6.07) is 9.36. The van der Waals surface area contributed by atoms with Gasteiger partial charge in [-0.1, -0.05) is 12.1 Å². The van der Waals surface area contributed by atoms with Gasteiger partial charge < -0.3 is 5.11 Å². The molecular formula is C11H9IN2O2. The van der Waals surface area contributed by atoms with Crippen molar-refractivity contribution in [2.45, 2.75) is 0 Å². The van der Waals surface area contributed by atoms with E-state index in [2.05, 4.69) is 27.7 Å². The molecule has 1 heterocycles. The first-order valence-electron chi connectivity index (χ1n) is 4.61. The molecule has 5 heteroatoms. The number of hydrogen-bond acceptors (Lipinski definition) is 2. The maximum absolute atomic E-state index is 10.9. The number of aromatic nitrogens is 2. The molecule has 4 nitrogen and oxygen atoms in total. The van der Waals surface area contributed by atoms with Crippen molar-refractivity contribution in [1.82, 2.24) is 9.78 Å². The van der Waals surface area contributed by atoms with E-state index in [4.69, 9.17) is 5.11 Å². The number of halogens is 1. The first-order chi connectivity index (χ1) is 7.58. The normalized spacial score (nSPS) is 10.4. The van der Waals surface area contributed by atoms with Crippen molar-refractivity contribution in [3.05, 3.63) is 39.6 Å². The highest BCUT2D eigenvalue weighted by atomic mass is 127. The maximum Gasteiger partial charge on any atom is 0.354 e. The average Bonchev–Trinajstić information content (AvgIpc) is 2.60. The number of carbonyl (C=O) groups is 1. The van der Waals surface area contributed by atoms with E-state index in [-0.39, 0.29) is 5.69 Å². The summed E-state index contributed by atoms with van der Waals surface area (Å²) in [5.74, 6) is -0.966. The van der Waals surface area contributed by atoms with Crippen molar-refractivity contribution in [3.8, 4) is 11.3 Å². The van der Waals surface area contributed by atoms with E-state index in [1.807, 2.05) is 24.3 Å². The van der Waals surface area contributed by atoms with Crippen LogP contribution < -0.4 is 0 Å². The average molecular weight is 328 g/mol. The minimum atomic E-state index is -0.966. The van der Waals surface area contributed by atoms with Gasteiger partial charge in [-0.05, 0) is 40.8 Å². The molecule has 0 bridgehead atoms. The summed E-state index contributed by atoms with van der Waals surface area (Å²) >= 11 is 2.21. The smallest absolute Gasteiger partial charge is 0.354 e. The zero-order valence-corrected chi connectivity index (χ0v) is 10.7. The molecule has 0 spiro atoms. The second-order valence-electron chi connectivity index (χ2n) is 3.35. The minimum absolute atomic E-state index is 0.189. The van der Waals surface area contributed by atoms with E-state index in [1.165, 1.54) is 4.68 Å². The lowest BCUT2D eigenvalue weighted by atomic mass is 10.1. The van der Waals surface area contributed by atoms with Gasteiger partial charge in [-0.3, -0.25) is 4.68 Å². The Kier molecular flexibility index (Phi) is 2.95. The predicted octanol–water partition coefficient (Wildman–Crippen LogP) is 2.39. The lowest BCUT2D eigenvalue weighted by Crippen LogP contribution is -2.04. The van der Waals surface area contributed by atoms with E-state index in [0.717, 1.165) is 9.13 Å². The molecule has 0 unspecified atom stereocenters. The van der Waals surface area contributed by atoms with Gasteiger partial charge in [0.15, 0.2) is 0 Å². The van der Waals surface area contributed by atoms with Crippen molar-refractivity contribution in [2.24, 2.45) is 7.05 Å². The van der Waals surface area contributed by atoms with Crippen LogP contribution in [0.1, 0.15) is 10.5 Å². The van der Waals surface area contributed by atoms with Crippen LogP contribution in [0.25, 0.3) is 11.3 Å². The Labute approximate surface area is 106 Å². The molecule has 0 saturated carbocycles. The Balaban J connectivity index is 2.49. The van der Waals surface area contributed by atoms with Gasteiger partial charge in [0, 0.05) is 16.2 Å². The highest BCUT2D eigenvalue weighted by molar-refractivity contribution is 14.1. The summed E-state index contributed by atoms with van der Waals surface area (Å²) in [5, 5.41) is 13.1. The highest BCUT2D eigenvalue weighted by Gasteiger charge is 2.12. The van der Waals surface area contributed by atoms with E-state index in [9.17, 15) is 4.79 Å². The van der Waals surface area contributed by atoms with Crippen LogP contribution in [0.4, 0.5) is 0 Å². The van der Waals surface area contributed by atoms with Crippen LogP contribution in [-0.2, 0) is 7.05 Å². The van der Waals surface area contributed by atoms with Crippen molar-refractivity contribution in [2.75, 3.05) is 0 Å². The largest absolute Gasteiger partial charge is 0.477 e. The van der Waals surface area contributed by atoms with Gasteiger partial charge in [0.25, 0.3) is 0 Å². The van der Waals surface area contributed by atoms with Crippen molar-refractivity contribution in [1.29, 1.82) is 0 Å². The quantitative estimate of drug-likeness (QED) is 0.862. The molecule has 0 aliphatic rings. The van der Waals surface area contributed by atoms with Crippen LogP contribution in [0.3, 0.4) is 0 Å². The van der Waals surface area contributed by atoms with Crippen molar-refractivity contribution in [3.63, 3.8) is 0 Å². The van der Waals surface area contributed by atoms with Gasteiger partial charge in [-0.2, -0.15) is 5.10 Å². The first kappa shape index (κ1) is 11.1. The zero-order chi connectivity index (χ0) is 11.7.